The number of hydrogen-bond donors (Lipinski definition) is 1. The normalized spacial score (nSPS) is 18.1. The molecule has 0 spiro atoms. The first-order valence-corrected chi connectivity index (χ1v) is 12.3. The summed E-state index contributed by atoms with van der Waals surface area (Å²) in [5.41, 5.74) is 4.93. The number of aryl methyl sites for hydroxylation is 3. The lowest BCUT2D eigenvalue weighted by Crippen LogP contribution is -2.30. The van der Waals surface area contributed by atoms with Gasteiger partial charge in [-0.25, -0.2) is 8.42 Å². The zero-order chi connectivity index (χ0) is 21.3. The third kappa shape index (κ3) is 4.16. The molecule has 5 nitrogen and oxygen atoms in total. The summed E-state index contributed by atoms with van der Waals surface area (Å²) >= 11 is 0. The summed E-state index contributed by atoms with van der Waals surface area (Å²) in [5.74, 6) is -0.252. The summed E-state index contributed by atoms with van der Waals surface area (Å²) in [6.45, 7) is 4.85. The van der Waals surface area contributed by atoms with Crippen LogP contribution in [-0.4, -0.2) is 31.7 Å². The van der Waals surface area contributed by atoms with Gasteiger partial charge in [0.1, 0.15) is 0 Å². The zero-order valence-corrected chi connectivity index (χ0v) is 18.6. The van der Waals surface area contributed by atoms with Gasteiger partial charge in [-0.05, 0) is 86.8 Å². The fourth-order valence-electron chi connectivity index (χ4n) is 4.47. The number of nitrogens with zero attached hydrogens (tertiary/aromatic N) is 1. The van der Waals surface area contributed by atoms with Crippen molar-refractivity contribution in [2.45, 2.75) is 63.3 Å². The molecule has 2 aromatic rings. The lowest BCUT2D eigenvalue weighted by atomic mass is 9.89. The second kappa shape index (κ2) is 8.52. The van der Waals surface area contributed by atoms with Crippen LogP contribution in [0.1, 0.15) is 71.3 Å². The highest BCUT2D eigenvalue weighted by Gasteiger charge is 2.29. The fraction of sp³-hybridized carbons (Fsp3) is 0.458. The van der Waals surface area contributed by atoms with E-state index in [1.807, 2.05) is 6.92 Å². The quantitative estimate of drug-likeness (QED) is 0.781. The third-order valence-corrected chi connectivity index (χ3v) is 8.39. The summed E-state index contributed by atoms with van der Waals surface area (Å²) in [6, 6.07) is 11.3. The minimum atomic E-state index is -3.56. The van der Waals surface area contributed by atoms with Crippen LogP contribution in [0.4, 0.5) is 0 Å². The van der Waals surface area contributed by atoms with Gasteiger partial charge in [0.15, 0.2) is 0 Å². The number of benzene rings is 2. The van der Waals surface area contributed by atoms with Gasteiger partial charge in [0.05, 0.1) is 10.9 Å². The molecule has 2 aromatic carbocycles. The van der Waals surface area contributed by atoms with Crippen molar-refractivity contribution in [3.63, 3.8) is 0 Å². The molecule has 1 amide bonds. The van der Waals surface area contributed by atoms with Crippen molar-refractivity contribution in [1.82, 2.24) is 9.62 Å². The van der Waals surface area contributed by atoms with E-state index in [1.165, 1.54) is 34.3 Å². The highest BCUT2D eigenvalue weighted by molar-refractivity contribution is 7.89. The number of sulfonamides is 1. The van der Waals surface area contributed by atoms with Crippen LogP contribution < -0.4 is 5.32 Å². The Bertz CT molecular complexity index is 1060. The maximum atomic E-state index is 13.0. The van der Waals surface area contributed by atoms with E-state index in [2.05, 4.69) is 23.5 Å². The molecule has 0 aromatic heterocycles. The molecular formula is C24H30N2O3S. The maximum Gasteiger partial charge on any atom is 0.251 e. The Morgan fingerprint density at radius 3 is 2.40 bits per heavy atom. The number of fused-ring (bicyclic) bond motifs is 1. The van der Waals surface area contributed by atoms with Gasteiger partial charge in [-0.15, -0.1) is 0 Å². The lowest BCUT2D eigenvalue weighted by Gasteiger charge is -2.21. The molecule has 0 bridgehead atoms. The molecule has 0 saturated carbocycles. The van der Waals surface area contributed by atoms with Gasteiger partial charge >= 0.3 is 0 Å². The highest BCUT2D eigenvalue weighted by atomic mass is 32.2. The Hall–Kier alpha value is -2.18. The van der Waals surface area contributed by atoms with Crippen LogP contribution in [0.15, 0.2) is 41.3 Å². The molecule has 1 aliphatic heterocycles. The largest absolute Gasteiger partial charge is 0.346 e. The molecule has 1 N–H and O–H groups in total. The molecule has 1 heterocycles. The van der Waals surface area contributed by atoms with Crippen molar-refractivity contribution in [3.8, 4) is 0 Å². The minimum Gasteiger partial charge on any atom is -0.346 e. The first kappa shape index (κ1) is 21.1. The van der Waals surface area contributed by atoms with Gasteiger partial charge in [-0.1, -0.05) is 24.3 Å². The van der Waals surface area contributed by atoms with Crippen molar-refractivity contribution >= 4 is 15.9 Å². The van der Waals surface area contributed by atoms with Gasteiger partial charge in [-0.2, -0.15) is 4.31 Å². The van der Waals surface area contributed by atoms with Crippen LogP contribution in [-0.2, 0) is 22.9 Å². The molecule has 1 saturated heterocycles. The Morgan fingerprint density at radius 1 is 0.967 bits per heavy atom. The fourth-order valence-corrected chi connectivity index (χ4v) is 6.24. The van der Waals surface area contributed by atoms with Crippen molar-refractivity contribution in [3.05, 3.63) is 64.2 Å². The molecule has 1 atom stereocenters. The monoisotopic (exact) mass is 426 g/mol. The zero-order valence-electron chi connectivity index (χ0n) is 17.8. The number of amides is 1. The van der Waals surface area contributed by atoms with E-state index in [0.29, 0.717) is 24.2 Å². The number of nitrogens with one attached hydrogen (secondary N) is 1. The first-order valence-electron chi connectivity index (χ1n) is 10.9. The van der Waals surface area contributed by atoms with Crippen molar-refractivity contribution in [2.75, 3.05) is 13.1 Å². The Kier molecular flexibility index (Phi) is 5.98. The Morgan fingerprint density at radius 2 is 1.67 bits per heavy atom. The summed E-state index contributed by atoms with van der Waals surface area (Å²) < 4.78 is 27.5. The van der Waals surface area contributed by atoms with E-state index in [0.717, 1.165) is 31.2 Å². The average molecular weight is 427 g/mol. The van der Waals surface area contributed by atoms with Crippen LogP contribution in [0.5, 0.6) is 0 Å². The third-order valence-electron chi connectivity index (χ3n) is 6.35. The number of hydrogen-bond acceptors (Lipinski definition) is 3. The smallest absolute Gasteiger partial charge is 0.251 e. The van der Waals surface area contributed by atoms with E-state index in [4.69, 9.17) is 0 Å². The Balaban J connectivity index is 1.53. The van der Waals surface area contributed by atoms with Gasteiger partial charge in [0, 0.05) is 18.7 Å². The molecule has 6 heteroatoms. The summed E-state index contributed by atoms with van der Waals surface area (Å²) in [5, 5.41) is 3.04. The van der Waals surface area contributed by atoms with Gasteiger partial charge < -0.3 is 5.32 Å². The van der Waals surface area contributed by atoms with Crippen LogP contribution >= 0.6 is 0 Å². The van der Waals surface area contributed by atoms with Crippen LogP contribution in [0.2, 0.25) is 0 Å². The van der Waals surface area contributed by atoms with Crippen molar-refractivity contribution in [2.24, 2.45) is 0 Å². The molecule has 4 rings (SSSR count). The van der Waals surface area contributed by atoms with E-state index >= 15 is 0 Å². The second-order valence-electron chi connectivity index (χ2n) is 8.52. The van der Waals surface area contributed by atoms with E-state index in [9.17, 15) is 13.2 Å². The molecular weight excluding hydrogens is 396 g/mol. The number of carbonyl (C=O) groups excluding carboxylic acids is 1. The maximum absolute atomic E-state index is 13.0. The number of carbonyl (C=O) groups is 1. The predicted molar refractivity (Wildman–Crippen MR) is 118 cm³/mol. The van der Waals surface area contributed by atoms with E-state index in [-0.39, 0.29) is 16.8 Å². The predicted octanol–water partition coefficient (Wildman–Crippen LogP) is 4.15. The topological polar surface area (TPSA) is 66.5 Å². The van der Waals surface area contributed by atoms with Crippen LogP contribution in [0, 0.1) is 6.92 Å². The standard InChI is InChI=1S/C24H30N2O3S/c1-17-9-10-22(16-23(17)30(28,29)26-13-5-6-14-26)24(27)25-18(2)20-12-11-19-7-3-4-8-21(19)15-20/h9-12,15-16,18H,3-8,13-14H2,1-2H3,(H,25,27). The molecule has 2 aliphatic rings. The van der Waals surface area contributed by atoms with Crippen LogP contribution in [0.25, 0.3) is 0 Å². The molecule has 1 aliphatic carbocycles. The highest BCUT2D eigenvalue weighted by Crippen LogP contribution is 2.27. The van der Waals surface area contributed by atoms with E-state index < -0.39 is 10.0 Å². The molecule has 30 heavy (non-hydrogen) atoms. The Labute approximate surface area is 179 Å². The summed E-state index contributed by atoms with van der Waals surface area (Å²) in [6.07, 6.45) is 6.46. The lowest BCUT2D eigenvalue weighted by molar-refractivity contribution is 0.0939. The van der Waals surface area contributed by atoms with Crippen molar-refractivity contribution in [1.29, 1.82) is 0 Å². The van der Waals surface area contributed by atoms with Gasteiger partial charge in [0.25, 0.3) is 5.91 Å². The first-order chi connectivity index (χ1) is 14.4. The number of rotatable bonds is 5. The average Bonchev–Trinajstić information content (AvgIpc) is 3.29. The molecule has 160 valence electrons. The second-order valence-corrected chi connectivity index (χ2v) is 10.4. The van der Waals surface area contributed by atoms with Gasteiger partial charge in [0.2, 0.25) is 10.0 Å². The molecule has 1 unspecified atom stereocenters. The summed E-state index contributed by atoms with van der Waals surface area (Å²) in [7, 11) is -3.56. The van der Waals surface area contributed by atoms with Gasteiger partial charge in [-0.3, -0.25) is 4.79 Å². The van der Waals surface area contributed by atoms with Crippen molar-refractivity contribution < 1.29 is 13.2 Å². The minimum absolute atomic E-state index is 0.148. The molecule has 1 fully saturated rings. The molecule has 0 radical (unpaired) electrons. The van der Waals surface area contributed by atoms with Crippen LogP contribution in [0.3, 0.4) is 0 Å². The SMILES string of the molecule is Cc1ccc(C(=O)NC(C)c2ccc3c(c2)CCCC3)cc1S(=O)(=O)N1CCCC1. The summed E-state index contributed by atoms with van der Waals surface area (Å²) in [4.78, 5) is 13.1. The van der Waals surface area contributed by atoms with E-state index in [1.54, 1.807) is 19.1 Å².